The van der Waals surface area contributed by atoms with Crippen molar-refractivity contribution in [3.63, 3.8) is 0 Å². The summed E-state index contributed by atoms with van der Waals surface area (Å²) in [5.74, 6) is 0.117. The summed E-state index contributed by atoms with van der Waals surface area (Å²) in [5, 5.41) is 6.07. The van der Waals surface area contributed by atoms with Gasteiger partial charge in [-0.2, -0.15) is 0 Å². The van der Waals surface area contributed by atoms with E-state index < -0.39 is 0 Å². The van der Waals surface area contributed by atoms with Crippen molar-refractivity contribution in [3.05, 3.63) is 83.4 Å². The Morgan fingerprint density at radius 3 is 2.26 bits per heavy atom. The SMILES string of the molecule is CC(C)NC(=O)Cc1ccc(NC(=O)COc2ccc(-c3ccccc3)cc2Cl)cc1. The van der Waals surface area contributed by atoms with Crippen LogP contribution in [0.5, 0.6) is 5.75 Å². The molecule has 2 amide bonds. The second-order valence-corrected chi connectivity index (χ2v) is 7.85. The number of rotatable bonds is 8. The summed E-state index contributed by atoms with van der Waals surface area (Å²) in [7, 11) is 0. The van der Waals surface area contributed by atoms with Crippen molar-refractivity contribution in [3.8, 4) is 16.9 Å². The standard InChI is InChI=1S/C25H25ClN2O3/c1-17(2)27-24(29)14-18-8-11-21(12-9-18)28-25(30)16-31-23-13-10-20(15-22(23)26)19-6-4-3-5-7-19/h3-13,15,17H,14,16H2,1-2H3,(H,27,29)(H,28,30). The minimum atomic E-state index is -0.298. The third kappa shape index (κ3) is 6.86. The maximum atomic E-state index is 12.2. The topological polar surface area (TPSA) is 67.4 Å². The molecule has 0 atom stereocenters. The smallest absolute Gasteiger partial charge is 0.262 e. The second-order valence-electron chi connectivity index (χ2n) is 7.44. The Hall–Kier alpha value is -3.31. The van der Waals surface area contributed by atoms with Crippen LogP contribution in [0.15, 0.2) is 72.8 Å². The van der Waals surface area contributed by atoms with Gasteiger partial charge in [0.05, 0.1) is 11.4 Å². The van der Waals surface area contributed by atoms with Crippen molar-refractivity contribution < 1.29 is 14.3 Å². The average Bonchev–Trinajstić information content (AvgIpc) is 2.74. The van der Waals surface area contributed by atoms with Crippen molar-refractivity contribution in [1.82, 2.24) is 5.32 Å². The Kier molecular flexibility index (Phi) is 7.68. The minimum Gasteiger partial charge on any atom is -0.482 e. The third-order valence-electron chi connectivity index (χ3n) is 4.45. The molecule has 0 aliphatic rings. The Balaban J connectivity index is 1.51. The molecule has 6 heteroatoms. The normalized spacial score (nSPS) is 10.6. The number of hydrogen-bond acceptors (Lipinski definition) is 3. The first-order valence-corrected chi connectivity index (χ1v) is 10.4. The molecular formula is C25H25ClN2O3. The second kappa shape index (κ2) is 10.6. The molecule has 3 aromatic carbocycles. The van der Waals surface area contributed by atoms with Crippen LogP contribution in [0.4, 0.5) is 5.69 Å². The zero-order valence-corrected chi connectivity index (χ0v) is 18.3. The van der Waals surface area contributed by atoms with Gasteiger partial charge in [-0.05, 0) is 54.8 Å². The van der Waals surface area contributed by atoms with Crippen molar-refractivity contribution >= 4 is 29.1 Å². The number of ether oxygens (including phenoxy) is 1. The predicted octanol–water partition coefficient (Wildman–Crippen LogP) is 5.09. The van der Waals surface area contributed by atoms with Gasteiger partial charge in [-0.15, -0.1) is 0 Å². The highest BCUT2D eigenvalue weighted by molar-refractivity contribution is 6.32. The van der Waals surface area contributed by atoms with Crippen LogP contribution in [-0.4, -0.2) is 24.5 Å². The molecule has 0 saturated carbocycles. The zero-order valence-electron chi connectivity index (χ0n) is 17.5. The molecule has 31 heavy (non-hydrogen) atoms. The number of hydrogen-bond donors (Lipinski definition) is 2. The number of halogens is 1. The van der Waals surface area contributed by atoms with Gasteiger partial charge in [0.2, 0.25) is 5.91 Å². The molecule has 0 aliphatic heterocycles. The molecule has 0 aliphatic carbocycles. The summed E-state index contributed by atoms with van der Waals surface area (Å²) in [6, 6.07) is 22.6. The number of nitrogens with one attached hydrogen (secondary N) is 2. The lowest BCUT2D eigenvalue weighted by molar-refractivity contribution is -0.121. The van der Waals surface area contributed by atoms with Gasteiger partial charge in [0.15, 0.2) is 6.61 Å². The van der Waals surface area contributed by atoms with E-state index in [1.807, 2.05) is 68.4 Å². The molecule has 2 N–H and O–H groups in total. The predicted molar refractivity (Wildman–Crippen MR) is 124 cm³/mol. The van der Waals surface area contributed by atoms with E-state index in [2.05, 4.69) is 10.6 Å². The van der Waals surface area contributed by atoms with Crippen LogP contribution in [0.3, 0.4) is 0 Å². The summed E-state index contributed by atoms with van der Waals surface area (Å²) < 4.78 is 5.58. The van der Waals surface area contributed by atoms with Crippen molar-refractivity contribution in [2.24, 2.45) is 0 Å². The van der Waals surface area contributed by atoms with E-state index >= 15 is 0 Å². The molecular weight excluding hydrogens is 412 g/mol. The molecule has 160 valence electrons. The number of carbonyl (C=O) groups excluding carboxylic acids is 2. The molecule has 3 rings (SSSR count). The van der Waals surface area contributed by atoms with E-state index in [9.17, 15) is 9.59 Å². The molecule has 0 saturated heterocycles. The number of benzene rings is 3. The van der Waals surface area contributed by atoms with Crippen LogP contribution in [-0.2, 0) is 16.0 Å². The number of amides is 2. The summed E-state index contributed by atoms with van der Waals surface area (Å²) in [6.07, 6.45) is 0.299. The van der Waals surface area contributed by atoms with Gasteiger partial charge in [0, 0.05) is 11.7 Å². The first kappa shape index (κ1) is 22.4. The maximum absolute atomic E-state index is 12.2. The van der Waals surface area contributed by atoms with Crippen LogP contribution in [0.2, 0.25) is 5.02 Å². The fraction of sp³-hybridized carbons (Fsp3) is 0.200. The Morgan fingerprint density at radius 2 is 1.61 bits per heavy atom. The van der Waals surface area contributed by atoms with E-state index in [4.69, 9.17) is 16.3 Å². The van der Waals surface area contributed by atoms with Crippen molar-refractivity contribution in [2.45, 2.75) is 26.3 Å². The molecule has 0 spiro atoms. The summed E-state index contributed by atoms with van der Waals surface area (Å²) >= 11 is 6.32. The summed E-state index contributed by atoms with van der Waals surface area (Å²) in [5.41, 5.74) is 3.54. The molecule has 0 radical (unpaired) electrons. The van der Waals surface area contributed by atoms with Gasteiger partial charge < -0.3 is 15.4 Å². The summed E-state index contributed by atoms with van der Waals surface area (Å²) in [4.78, 5) is 24.1. The maximum Gasteiger partial charge on any atom is 0.262 e. The molecule has 0 unspecified atom stereocenters. The highest BCUT2D eigenvalue weighted by atomic mass is 35.5. The van der Waals surface area contributed by atoms with Crippen LogP contribution in [0, 0.1) is 0 Å². The van der Waals surface area contributed by atoms with Crippen molar-refractivity contribution in [2.75, 3.05) is 11.9 Å². The average molecular weight is 437 g/mol. The van der Waals surface area contributed by atoms with Crippen molar-refractivity contribution in [1.29, 1.82) is 0 Å². The lowest BCUT2D eigenvalue weighted by atomic mass is 10.1. The Labute approximate surface area is 187 Å². The summed E-state index contributed by atoms with van der Waals surface area (Å²) in [6.45, 7) is 3.68. The number of anilines is 1. The first-order chi connectivity index (χ1) is 14.9. The minimum absolute atomic E-state index is 0.0321. The fourth-order valence-corrected chi connectivity index (χ4v) is 3.27. The molecule has 5 nitrogen and oxygen atoms in total. The van der Waals surface area contributed by atoms with Gasteiger partial charge in [-0.3, -0.25) is 9.59 Å². The first-order valence-electron chi connectivity index (χ1n) is 10.1. The Morgan fingerprint density at radius 1 is 0.903 bits per heavy atom. The molecule has 0 bridgehead atoms. The quantitative estimate of drug-likeness (QED) is 0.516. The fourth-order valence-electron chi connectivity index (χ4n) is 3.03. The van der Waals surface area contributed by atoms with Gasteiger partial charge in [-0.1, -0.05) is 60.1 Å². The molecule has 0 heterocycles. The third-order valence-corrected chi connectivity index (χ3v) is 4.75. The van der Waals surface area contributed by atoms with E-state index in [1.165, 1.54) is 0 Å². The highest BCUT2D eigenvalue weighted by Crippen LogP contribution is 2.30. The number of carbonyl (C=O) groups is 2. The lowest BCUT2D eigenvalue weighted by Gasteiger charge is -2.11. The van der Waals surface area contributed by atoms with Crippen LogP contribution in [0.25, 0.3) is 11.1 Å². The van der Waals surface area contributed by atoms with Gasteiger partial charge in [-0.25, -0.2) is 0 Å². The van der Waals surface area contributed by atoms with Crippen LogP contribution in [0.1, 0.15) is 19.4 Å². The van der Waals surface area contributed by atoms with Gasteiger partial charge in [0.25, 0.3) is 5.91 Å². The lowest BCUT2D eigenvalue weighted by Crippen LogP contribution is -2.31. The van der Waals surface area contributed by atoms with Gasteiger partial charge in [0.1, 0.15) is 5.75 Å². The van der Waals surface area contributed by atoms with E-state index in [1.54, 1.807) is 18.2 Å². The monoisotopic (exact) mass is 436 g/mol. The van der Waals surface area contributed by atoms with E-state index in [0.29, 0.717) is 22.9 Å². The molecule has 0 aromatic heterocycles. The van der Waals surface area contributed by atoms with E-state index in [-0.39, 0.29) is 24.5 Å². The van der Waals surface area contributed by atoms with Gasteiger partial charge >= 0.3 is 0 Å². The van der Waals surface area contributed by atoms with E-state index in [0.717, 1.165) is 16.7 Å². The van der Waals surface area contributed by atoms with Crippen LogP contribution < -0.4 is 15.4 Å². The molecule has 0 fully saturated rings. The Bertz CT molecular complexity index is 1030. The largest absolute Gasteiger partial charge is 0.482 e. The highest BCUT2D eigenvalue weighted by Gasteiger charge is 2.09. The molecule has 3 aromatic rings. The van der Waals surface area contributed by atoms with Crippen LogP contribution >= 0.6 is 11.6 Å². The zero-order chi connectivity index (χ0) is 22.2.